The number of ether oxygens (including phenoxy) is 3. The van der Waals surface area contributed by atoms with Crippen LogP contribution in [0.2, 0.25) is 0 Å². The van der Waals surface area contributed by atoms with E-state index in [1.165, 1.54) is 7.11 Å². The zero-order valence-electron chi connectivity index (χ0n) is 25.3. The van der Waals surface area contributed by atoms with Gasteiger partial charge in [-0.2, -0.15) is 0 Å². The third-order valence-electron chi connectivity index (χ3n) is 6.91. The molecule has 0 unspecified atom stereocenters. The van der Waals surface area contributed by atoms with Crippen molar-refractivity contribution in [2.24, 2.45) is 0 Å². The maximum atomic E-state index is 12.4. The van der Waals surface area contributed by atoms with E-state index in [0.29, 0.717) is 25.3 Å². The first-order valence-electron chi connectivity index (χ1n) is 14.5. The summed E-state index contributed by atoms with van der Waals surface area (Å²) < 4.78 is 16.0. The van der Waals surface area contributed by atoms with Crippen LogP contribution >= 0.6 is 0 Å². The van der Waals surface area contributed by atoms with E-state index >= 15 is 0 Å². The lowest BCUT2D eigenvalue weighted by atomic mass is 10.0. The van der Waals surface area contributed by atoms with E-state index in [1.807, 2.05) is 54.6 Å². The van der Waals surface area contributed by atoms with Crippen LogP contribution in [0.5, 0.6) is 5.75 Å². The zero-order chi connectivity index (χ0) is 30.8. The highest BCUT2D eigenvalue weighted by Gasteiger charge is 2.22. The summed E-state index contributed by atoms with van der Waals surface area (Å²) in [6.07, 6.45) is 5.91. The van der Waals surface area contributed by atoms with Crippen molar-refractivity contribution >= 4 is 41.0 Å². The molecule has 3 aromatic rings. The van der Waals surface area contributed by atoms with Gasteiger partial charge in [-0.05, 0) is 68.7 Å². The number of methoxy groups -OCH3 is 1. The van der Waals surface area contributed by atoms with Crippen LogP contribution in [-0.4, -0.2) is 91.3 Å². The molecule has 0 atom stereocenters. The molecular formula is C33H40N4O6. The quantitative estimate of drug-likeness (QED) is 0.207. The van der Waals surface area contributed by atoms with Gasteiger partial charge in [0, 0.05) is 44.3 Å². The van der Waals surface area contributed by atoms with E-state index in [-0.39, 0.29) is 18.4 Å². The maximum Gasteiger partial charge on any atom is 0.408 e. The van der Waals surface area contributed by atoms with E-state index in [2.05, 4.69) is 15.2 Å². The van der Waals surface area contributed by atoms with Crippen molar-refractivity contribution in [1.82, 2.24) is 20.1 Å². The Morgan fingerprint density at radius 2 is 1.65 bits per heavy atom. The van der Waals surface area contributed by atoms with Gasteiger partial charge in [-0.25, -0.2) is 9.59 Å². The molecule has 2 amide bonds. The molecule has 43 heavy (non-hydrogen) atoms. The topological polar surface area (TPSA) is 110 Å². The summed E-state index contributed by atoms with van der Waals surface area (Å²) in [4.78, 5) is 44.7. The molecule has 0 bridgehead atoms. The molecule has 2 heterocycles. The number of rotatable bonds is 10. The number of hydrogen-bond donors (Lipinski definition) is 1. The second-order valence-corrected chi connectivity index (χ2v) is 11.3. The van der Waals surface area contributed by atoms with E-state index in [9.17, 15) is 14.4 Å². The standard InChI is InChI=1S/C33H40N4O6/c1-33(2,3)43-32(40)35-23-30(38)37-19-17-36(18-20-37)16-5-21-42-26-11-8-24(9-12-26)6-7-25-10-13-29-28(22-25)27(14-15-34-29)31(39)41-4/h6-15,22H,5,16-21,23H2,1-4H3,(H,35,40)/b7-6+. The number of fused-ring (bicyclic) bond motifs is 1. The summed E-state index contributed by atoms with van der Waals surface area (Å²) in [7, 11) is 1.37. The molecular weight excluding hydrogens is 548 g/mol. The molecule has 1 fully saturated rings. The van der Waals surface area contributed by atoms with E-state index in [1.54, 1.807) is 37.9 Å². The molecule has 4 rings (SSSR count). The average Bonchev–Trinajstić information content (AvgIpc) is 3.00. The highest BCUT2D eigenvalue weighted by atomic mass is 16.6. The fourth-order valence-corrected chi connectivity index (χ4v) is 4.70. The third kappa shape index (κ3) is 9.54. The maximum absolute atomic E-state index is 12.4. The van der Waals surface area contributed by atoms with Gasteiger partial charge < -0.3 is 24.4 Å². The van der Waals surface area contributed by atoms with E-state index in [4.69, 9.17) is 14.2 Å². The molecule has 10 nitrogen and oxygen atoms in total. The number of carbonyl (C=O) groups is 3. The minimum absolute atomic E-state index is 0.0592. The minimum Gasteiger partial charge on any atom is -0.494 e. The van der Waals surface area contributed by atoms with Gasteiger partial charge in [0.05, 0.1) is 24.8 Å². The number of amides is 2. The largest absolute Gasteiger partial charge is 0.494 e. The molecule has 1 aliphatic rings. The minimum atomic E-state index is -0.596. The fraction of sp³-hybridized carbons (Fsp3) is 0.394. The third-order valence-corrected chi connectivity index (χ3v) is 6.91. The monoisotopic (exact) mass is 588 g/mol. The van der Waals surface area contributed by atoms with E-state index in [0.717, 1.165) is 53.8 Å². The smallest absolute Gasteiger partial charge is 0.408 e. The lowest BCUT2D eigenvalue weighted by molar-refractivity contribution is -0.132. The molecule has 1 N–H and O–H groups in total. The number of piperazine rings is 1. The van der Waals surface area contributed by atoms with Crippen molar-refractivity contribution < 1.29 is 28.6 Å². The van der Waals surface area contributed by atoms with Crippen LogP contribution in [0.4, 0.5) is 4.79 Å². The number of carbonyl (C=O) groups excluding carboxylic acids is 3. The number of nitrogens with zero attached hydrogens (tertiary/aromatic N) is 3. The van der Waals surface area contributed by atoms with Crippen LogP contribution < -0.4 is 10.1 Å². The molecule has 1 aromatic heterocycles. The lowest BCUT2D eigenvalue weighted by Gasteiger charge is -2.34. The Labute approximate surface area is 252 Å². The predicted molar refractivity (Wildman–Crippen MR) is 166 cm³/mol. The van der Waals surface area contributed by atoms with Crippen molar-refractivity contribution in [3.05, 3.63) is 71.4 Å². The Morgan fingerprint density at radius 1 is 0.953 bits per heavy atom. The summed E-state index contributed by atoms with van der Waals surface area (Å²) in [5.74, 6) is 0.323. The molecule has 0 saturated carbocycles. The number of pyridine rings is 1. The highest BCUT2D eigenvalue weighted by Crippen LogP contribution is 2.21. The van der Waals surface area contributed by atoms with Gasteiger partial charge in [-0.15, -0.1) is 0 Å². The normalized spacial score (nSPS) is 14.1. The summed E-state index contributed by atoms with van der Waals surface area (Å²) in [6.45, 7) is 9.62. The van der Waals surface area contributed by atoms with Gasteiger partial charge in [-0.3, -0.25) is 14.7 Å². The lowest BCUT2D eigenvalue weighted by Crippen LogP contribution is -2.51. The first kappa shape index (κ1) is 31.5. The summed E-state index contributed by atoms with van der Waals surface area (Å²) in [6, 6.07) is 15.4. The summed E-state index contributed by atoms with van der Waals surface area (Å²) >= 11 is 0. The summed E-state index contributed by atoms with van der Waals surface area (Å²) in [5, 5.41) is 3.29. The molecule has 2 aromatic carbocycles. The number of alkyl carbamates (subject to hydrolysis) is 1. The average molecular weight is 589 g/mol. The van der Waals surface area contributed by atoms with Crippen molar-refractivity contribution in [2.45, 2.75) is 32.8 Å². The Bertz CT molecular complexity index is 1440. The second-order valence-electron chi connectivity index (χ2n) is 11.3. The number of esters is 1. The first-order valence-corrected chi connectivity index (χ1v) is 14.5. The van der Waals surface area contributed by atoms with Gasteiger partial charge in [0.2, 0.25) is 5.91 Å². The SMILES string of the molecule is COC(=O)c1ccnc2ccc(/C=C/c3ccc(OCCCN4CCN(C(=O)CNC(=O)OC(C)(C)C)CC4)cc3)cc12. The molecule has 10 heteroatoms. The van der Waals surface area contributed by atoms with Crippen LogP contribution in [0.1, 0.15) is 48.7 Å². The molecule has 1 saturated heterocycles. The fourth-order valence-electron chi connectivity index (χ4n) is 4.70. The van der Waals surface area contributed by atoms with Gasteiger partial charge in [0.1, 0.15) is 17.9 Å². The van der Waals surface area contributed by atoms with Crippen molar-refractivity contribution in [3.63, 3.8) is 0 Å². The summed E-state index contributed by atoms with van der Waals surface area (Å²) in [5.41, 5.74) is 2.62. The van der Waals surface area contributed by atoms with Gasteiger partial charge in [0.25, 0.3) is 0 Å². The second kappa shape index (κ2) is 14.6. The molecule has 228 valence electrons. The van der Waals surface area contributed by atoms with Crippen molar-refractivity contribution in [3.8, 4) is 5.75 Å². The van der Waals surface area contributed by atoms with E-state index < -0.39 is 11.7 Å². The van der Waals surface area contributed by atoms with Crippen molar-refractivity contribution in [1.29, 1.82) is 0 Å². The van der Waals surface area contributed by atoms with Crippen LogP contribution in [0.25, 0.3) is 23.1 Å². The van der Waals surface area contributed by atoms with Crippen molar-refractivity contribution in [2.75, 3.05) is 53.0 Å². The first-order chi connectivity index (χ1) is 20.6. The Balaban J connectivity index is 1.16. The number of nitrogens with one attached hydrogen (secondary N) is 1. The van der Waals surface area contributed by atoms with Crippen LogP contribution in [0, 0.1) is 0 Å². The molecule has 0 radical (unpaired) electrons. The predicted octanol–water partition coefficient (Wildman–Crippen LogP) is 4.63. The molecule has 0 aliphatic carbocycles. The van der Waals surface area contributed by atoms with Crippen LogP contribution in [0.3, 0.4) is 0 Å². The number of hydrogen-bond acceptors (Lipinski definition) is 8. The number of aromatic nitrogens is 1. The Kier molecular flexibility index (Phi) is 10.7. The molecule has 0 spiro atoms. The van der Waals surface area contributed by atoms with Gasteiger partial charge in [0.15, 0.2) is 0 Å². The molecule has 1 aliphatic heterocycles. The van der Waals surface area contributed by atoms with Gasteiger partial charge >= 0.3 is 12.1 Å². The zero-order valence-corrected chi connectivity index (χ0v) is 25.3. The van der Waals surface area contributed by atoms with Gasteiger partial charge in [-0.1, -0.05) is 30.4 Å². The highest BCUT2D eigenvalue weighted by molar-refractivity contribution is 6.03. The number of benzene rings is 2. The van der Waals surface area contributed by atoms with Crippen LogP contribution in [-0.2, 0) is 14.3 Å². The Hall–Kier alpha value is -4.44. The van der Waals surface area contributed by atoms with Crippen LogP contribution in [0.15, 0.2) is 54.7 Å². The Morgan fingerprint density at radius 3 is 2.35 bits per heavy atom.